The van der Waals surface area contributed by atoms with Gasteiger partial charge in [-0.25, -0.2) is 4.98 Å². The van der Waals surface area contributed by atoms with E-state index in [-0.39, 0.29) is 17.9 Å². The van der Waals surface area contributed by atoms with E-state index in [2.05, 4.69) is 49.5 Å². The fourth-order valence-electron chi connectivity index (χ4n) is 4.45. The van der Waals surface area contributed by atoms with E-state index in [0.29, 0.717) is 12.3 Å². The van der Waals surface area contributed by atoms with E-state index in [1.807, 2.05) is 49.4 Å². The van der Waals surface area contributed by atoms with Gasteiger partial charge in [0, 0.05) is 24.8 Å². The van der Waals surface area contributed by atoms with Crippen LogP contribution < -0.4 is 10.2 Å². The van der Waals surface area contributed by atoms with Crippen LogP contribution in [0.4, 0.5) is 5.82 Å². The van der Waals surface area contributed by atoms with E-state index >= 15 is 0 Å². The fourth-order valence-corrected chi connectivity index (χ4v) is 4.45. The molecule has 7 nitrogen and oxygen atoms in total. The van der Waals surface area contributed by atoms with Crippen LogP contribution in [0, 0.1) is 12.8 Å². The Kier molecular flexibility index (Phi) is 5.54. The van der Waals surface area contributed by atoms with Crippen LogP contribution in [-0.2, 0) is 4.79 Å². The van der Waals surface area contributed by atoms with Crippen LogP contribution in [0.15, 0.2) is 73.1 Å². The van der Waals surface area contributed by atoms with E-state index in [4.69, 9.17) is 0 Å². The van der Waals surface area contributed by atoms with Crippen molar-refractivity contribution < 1.29 is 4.79 Å². The highest BCUT2D eigenvalue weighted by molar-refractivity contribution is 5.80. The lowest BCUT2D eigenvalue weighted by atomic mass is 9.94. The third-order valence-electron chi connectivity index (χ3n) is 6.03. The predicted molar refractivity (Wildman–Crippen MR) is 123 cm³/mol. The average molecular weight is 427 g/mol. The second-order valence-corrected chi connectivity index (χ2v) is 8.28. The SMILES string of the molecule is Cc1cc(N2CCCC(C(=O)NC(c3ccccc3)c3ccccc3)C2)n2ncnc2n1. The quantitative estimate of drug-likeness (QED) is 0.528. The Labute approximate surface area is 187 Å². The number of aromatic nitrogens is 4. The lowest BCUT2D eigenvalue weighted by Gasteiger charge is -2.34. The Balaban J connectivity index is 1.38. The normalized spacial score (nSPS) is 16.4. The highest BCUT2D eigenvalue weighted by Gasteiger charge is 2.29. The van der Waals surface area contributed by atoms with E-state index in [0.717, 1.165) is 42.0 Å². The van der Waals surface area contributed by atoms with Gasteiger partial charge in [-0.1, -0.05) is 60.7 Å². The highest BCUT2D eigenvalue weighted by Crippen LogP contribution is 2.26. The van der Waals surface area contributed by atoms with Crippen molar-refractivity contribution in [3.63, 3.8) is 0 Å². The molecule has 2 aromatic heterocycles. The van der Waals surface area contributed by atoms with Gasteiger partial charge in [0.05, 0.1) is 12.0 Å². The minimum Gasteiger partial charge on any atom is -0.356 e. The summed E-state index contributed by atoms with van der Waals surface area (Å²) in [5, 5.41) is 7.66. The number of piperidine rings is 1. The Morgan fingerprint density at radius 3 is 2.44 bits per heavy atom. The highest BCUT2D eigenvalue weighted by atomic mass is 16.2. The van der Waals surface area contributed by atoms with Gasteiger partial charge in [0.25, 0.3) is 5.78 Å². The molecule has 4 aromatic rings. The van der Waals surface area contributed by atoms with Crippen molar-refractivity contribution in [1.29, 1.82) is 0 Å². The number of rotatable bonds is 5. The standard InChI is InChI=1S/C25H26N6O/c1-18-15-22(31-25(28-18)26-17-27-31)30-14-8-13-21(16-30)24(32)29-23(19-9-4-2-5-10-19)20-11-6-3-7-12-20/h2-7,9-12,15,17,21,23H,8,13-14,16H2,1H3,(H,29,32). The molecule has 3 heterocycles. The van der Waals surface area contributed by atoms with Gasteiger partial charge in [-0.2, -0.15) is 14.6 Å². The Bertz CT molecular complexity index is 1170. The first-order chi connectivity index (χ1) is 15.7. The number of hydrogen-bond acceptors (Lipinski definition) is 5. The molecule has 0 bridgehead atoms. The molecule has 0 saturated carbocycles. The number of fused-ring (bicyclic) bond motifs is 1. The second-order valence-electron chi connectivity index (χ2n) is 8.28. The molecule has 1 N–H and O–H groups in total. The maximum absolute atomic E-state index is 13.4. The van der Waals surface area contributed by atoms with Gasteiger partial charge in [0.15, 0.2) is 0 Å². The Morgan fingerprint density at radius 1 is 1.06 bits per heavy atom. The monoisotopic (exact) mass is 426 g/mol. The van der Waals surface area contributed by atoms with Crippen LogP contribution in [-0.4, -0.2) is 38.6 Å². The van der Waals surface area contributed by atoms with Crippen LogP contribution in [0.2, 0.25) is 0 Å². The third-order valence-corrected chi connectivity index (χ3v) is 6.03. The molecular weight excluding hydrogens is 400 g/mol. The Hall–Kier alpha value is -3.74. The first-order valence-corrected chi connectivity index (χ1v) is 11.0. The van der Waals surface area contributed by atoms with E-state index in [1.165, 1.54) is 6.33 Å². The minimum absolute atomic E-state index is 0.0769. The number of amides is 1. The summed E-state index contributed by atoms with van der Waals surface area (Å²) in [4.78, 5) is 24.3. The van der Waals surface area contributed by atoms with Gasteiger partial charge in [0.2, 0.25) is 5.91 Å². The summed E-state index contributed by atoms with van der Waals surface area (Å²) in [6, 6.07) is 22.1. The molecule has 1 aliphatic heterocycles. The van der Waals surface area contributed by atoms with Gasteiger partial charge in [-0.3, -0.25) is 4.79 Å². The molecule has 1 amide bonds. The van der Waals surface area contributed by atoms with Crippen molar-refractivity contribution >= 4 is 17.5 Å². The van der Waals surface area contributed by atoms with Gasteiger partial charge >= 0.3 is 0 Å². The average Bonchev–Trinajstić information content (AvgIpc) is 3.31. The van der Waals surface area contributed by atoms with Crippen LogP contribution in [0.1, 0.15) is 35.7 Å². The second kappa shape index (κ2) is 8.78. The predicted octanol–water partition coefficient (Wildman–Crippen LogP) is 3.55. The molecule has 0 radical (unpaired) electrons. The molecule has 2 aromatic carbocycles. The number of carbonyl (C=O) groups excluding carboxylic acids is 1. The summed E-state index contributed by atoms with van der Waals surface area (Å²) in [5.74, 6) is 1.49. The van der Waals surface area contributed by atoms with Crippen molar-refractivity contribution in [2.75, 3.05) is 18.0 Å². The van der Waals surface area contributed by atoms with Crippen molar-refractivity contribution in [2.24, 2.45) is 5.92 Å². The zero-order chi connectivity index (χ0) is 21.9. The summed E-state index contributed by atoms with van der Waals surface area (Å²) in [6.07, 6.45) is 3.32. The molecule has 1 aliphatic rings. The summed E-state index contributed by atoms with van der Waals surface area (Å²) in [5.41, 5.74) is 3.04. The van der Waals surface area contributed by atoms with Crippen LogP contribution in [0.3, 0.4) is 0 Å². The molecular formula is C25H26N6O. The molecule has 0 spiro atoms. The summed E-state index contributed by atoms with van der Waals surface area (Å²) >= 11 is 0. The van der Waals surface area contributed by atoms with Gasteiger partial charge in [-0.05, 0) is 30.9 Å². The van der Waals surface area contributed by atoms with Crippen LogP contribution >= 0.6 is 0 Å². The van der Waals surface area contributed by atoms with Crippen LogP contribution in [0.25, 0.3) is 5.78 Å². The summed E-state index contributed by atoms with van der Waals surface area (Å²) in [6.45, 7) is 3.47. The maximum atomic E-state index is 13.4. The molecule has 162 valence electrons. The van der Waals surface area contributed by atoms with E-state index in [1.54, 1.807) is 4.52 Å². The lowest BCUT2D eigenvalue weighted by molar-refractivity contribution is -0.125. The topological polar surface area (TPSA) is 75.4 Å². The number of benzene rings is 2. The maximum Gasteiger partial charge on any atom is 0.254 e. The largest absolute Gasteiger partial charge is 0.356 e. The van der Waals surface area contributed by atoms with Crippen LogP contribution in [0.5, 0.6) is 0 Å². The van der Waals surface area contributed by atoms with E-state index < -0.39 is 0 Å². The zero-order valence-electron chi connectivity index (χ0n) is 18.1. The molecule has 32 heavy (non-hydrogen) atoms. The van der Waals surface area contributed by atoms with Crippen molar-refractivity contribution in [3.05, 3.63) is 89.9 Å². The van der Waals surface area contributed by atoms with Crippen molar-refractivity contribution in [1.82, 2.24) is 24.9 Å². The minimum atomic E-state index is -0.175. The smallest absolute Gasteiger partial charge is 0.254 e. The Morgan fingerprint density at radius 2 is 1.75 bits per heavy atom. The summed E-state index contributed by atoms with van der Waals surface area (Å²) < 4.78 is 1.75. The molecule has 0 aliphatic carbocycles. The number of nitrogens with zero attached hydrogens (tertiary/aromatic N) is 5. The molecule has 5 rings (SSSR count). The molecule has 1 unspecified atom stereocenters. The first kappa shape index (κ1) is 20.2. The van der Waals surface area contributed by atoms with Crippen molar-refractivity contribution in [3.8, 4) is 0 Å². The lowest BCUT2D eigenvalue weighted by Crippen LogP contribution is -2.44. The molecule has 7 heteroatoms. The van der Waals surface area contributed by atoms with Gasteiger partial charge in [-0.15, -0.1) is 0 Å². The van der Waals surface area contributed by atoms with Crippen molar-refractivity contribution in [2.45, 2.75) is 25.8 Å². The number of anilines is 1. The molecule has 1 atom stereocenters. The van der Waals surface area contributed by atoms with E-state index in [9.17, 15) is 4.79 Å². The summed E-state index contributed by atoms with van der Waals surface area (Å²) in [7, 11) is 0. The number of nitrogens with one attached hydrogen (secondary N) is 1. The first-order valence-electron chi connectivity index (χ1n) is 11.0. The third kappa shape index (κ3) is 4.06. The zero-order valence-corrected chi connectivity index (χ0v) is 18.1. The van der Waals surface area contributed by atoms with Gasteiger partial charge < -0.3 is 10.2 Å². The fraction of sp³-hybridized carbons (Fsp3) is 0.280. The molecule has 1 fully saturated rings. The number of carbonyl (C=O) groups is 1. The molecule has 1 saturated heterocycles. The number of hydrogen-bond donors (Lipinski definition) is 1. The van der Waals surface area contributed by atoms with Gasteiger partial charge in [0.1, 0.15) is 12.1 Å². The number of aryl methyl sites for hydroxylation is 1.